The largest absolute Gasteiger partial charge is 0.284 e. The summed E-state index contributed by atoms with van der Waals surface area (Å²) >= 11 is 0. The highest BCUT2D eigenvalue weighted by Crippen LogP contribution is 2.03. The van der Waals surface area contributed by atoms with Crippen LogP contribution in [0.5, 0.6) is 0 Å². The van der Waals surface area contributed by atoms with Gasteiger partial charge in [0.05, 0.1) is 0 Å². The van der Waals surface area contributed by atoms with E-state index in [9.17, 15) is 13.2 Å². The van der Waals surface area contributed by atoms with E-state index in [1.165, 1.54) is 12.2 Å². The summed E-state index contributed by atoms with van der Waals surface area (Å²) < 4.78 is 23.9. The van der Waals surface area contributed by atoms with Crippen molar-refractivity contribution >= 4 is 15.1 Å². The first-order chi connectivity index (χ1) is 6.50. The number of hydrogen-bond acceptors (Lipinski definition) is 3. The molecule has 0 aromatic rings. The second-order valence-electron chi connectivity index (χ2n) is 2.42. The Hall–Kier alpha value is -1.20. The molecule has 0 aliphatic rings. The number of sulfonamides is 1. The molecule has 0 saturated heterocycles. The lowest BCUT2D eigenvalue weighted by molar-refractivity contribution is -0.108. The van der Waals surface area contributed by atoms with E-state index in [2.05, 4.69) is 19.7 Å². The molecule has 0 aliphatic carbocycles. The van der Waals surface area contributed by atoms with Crippen LogP contribution in [-0.4, -0.2) is 30.9 Å². The standard InChI is InChI=1S/C9H13NO3S/c1-4-7-10(8-5-2)14(12,13)9(11)6-3/h4-6H,1-3,7-8H2. The molecule has 4 nitrogen and oxygen atoms in total. The minimum atomic E-state index is -3.94. The Balaban J connectivity index is 4.97. The Morgan fingerprint density at radius 2 is 1.57 bits per heavy atom. The Kier molecular flexibility index (Phi) is 5.04. The summed E-state index contributed by atoms with van der Waals surface area (Å²) in [6.45, 7) is 10.1. The van der Waals surface area contributed by atoms with Crippen molar-refractivity contribution in [1.82, 2.24) is 4.31 Å². The van der Waals surface area contributed by atoms with Crippen molar-refractivity contribution in [3.05, 3.63) is 38.0 Å². The molecular weight excluding hydrogens is 202 g/mol. The van der Waals surface area contributed by atoms with Crippen LogP contribution in [0.4, 0.5) is 0 Å². The van der Waals surface area contributed by atoms with Crippen LogP contribution in [0, 0.1) is 0 Å². The SMILES string of the molecule is C=CCN(CC=C)S(=O)(=O)C(=O)C=C. The Morgan fingerprint density at radius 1 is 1.14 bits per heavy atom. The van der Waals surface area contributed by atoms with E-state index in [1.54, 1.807) is 0 Å². The maximum absolute atomic E-state index is 11.5. The molecule has 0 rings (SSSR count). The van der Waals surface area contributed by atoms with Gasteiger partial charge in [0.1, 0.15) is 0 Å². The first-order valence-electron chi connectivity index (χ1n) is 3.89. The van der Waals surface area contributed by atoms with Crippen LogP contribution < -0.4 is 0 Å². The molecule has 0 radical (unpaired) electrons. The molecule has 0 spiro atoms. The second-order valence-corrected chi connectivity index (χ2v) is 4.29. The van der Waals surface area contributed by atoms with Gasteiger partial charge < -0.3 is 0 Å². The zero-order chi connectivity index (χ0) is 11.2. The van der Waals surface area contributed by atoms with E-state index in [0.29, 0.717) is 0 Å². The van der Waals surface area contributed by atoms with Crippen LogP contribution >= 0.6 is 0 Å². The second kappa shape index (κ2) is 5.51. The van der Waals surface area contributed by atoms with Crippen molar-refractivity contribution in [3.63, 3.8) is 0 Å². The summed E-state index contributed by atoms with van der Waals surface area (Å²) in [5.41, 5.74) is 0. The molecule has 0 saturated carbocycles. The minimum Gasteiger partial charge on any atom is -0.275 e. The molecule has 0 aliphatic heterocycles. The molecular formula is C9H13NO3S. The summed E-state index contributed by atoms with van der Waals surface area (Å²) in [5, 5.41) is -1.01. The van der Waals surface area contributed by atoms with Gasteiger partial charge in [0.25, 0.3) is 15.1 Å². The fourth-order valence-electron chi connectivity index (χ4n) is 0.791. The lowest BCUT2D eigenvalue weighted by atomic mass is 10.5. The van der Waals surface area contributed by atoms with Gasteiger partial charge in [-0.05, 0) is 6.08 Å². The fourth-order valence-corrected chi connectivity index (χ4v) is 1.86. The van der Waals surface area contributed by atoms with Gasteiger partial charge in [-0.15, -0.1) is 13.2 Å². The van der Waals surface area contributed by atoms with Gasteiger partial charge in [0.15, 0.2) is 0 Å². The predicted molar refractivity (Wildman–Crippen MR) is 56.1 cm³/mol. The number of hydrogen-bond donors (Lipinski definition) is 0. The zero-order valence-electron chi connectivity index (χ0n) is 7.85. The molecule has 0 aromatic carbocycles. The summed E-state index contributed by atoms with van der Waals surface area (Å²) in [5.74, 6) is 0. The van der Waals surface area contributed by atoms with Crippen molar-refractivity contribution in [2.45, 2.75) is 0 Å². The molecule has 0 amide bonds. The van der Waals surface area contributed by atoms with Crippen molar-refractivity contribution < 1.29 is 13.2 Å². The summed E-state index contributed by atoms with van der Waals surface area (Å²) in [4.78, 5) is 11.0. The van der Waals surface area contributed by atoms with Crippen LogP contribution in [0.15, 0.2) is 38.0 Å². The van der Waals surface area contributed by atoms with Gasteiger partial charge in [-0.2, -0.15) is 4.31 Å². The maximum atomic E-state index is 11.5. The van der Waals surface area contributed by atoms with Gasteiger partial charge >= 0.3 is 0 Å². The number of rotatable bonds is 6. The van der Waals surface area contributed by atoms with Crippen molar-refractivity contribution in [2.24, 2.45) is 0 Å². The Labute approximate surface area is 84.3 Å². The first-order valence-corrected chi connectivity index (χ1v) is 5.33. The molecule has 0 N–H and O–H groups in total. The molecule has 0 unspecified atom stereocenters. The smallest absolute Gasteiger partial charge is 0.275 e. The lowest BCUT2D eigenvalue weighted by Gasteiger charge is -2.16. The number of carbonyl (C=O) groups excluding carboxylic acids is 1. The highest BCUT2D eigenvalue weighted by Gasteiger charge is 2.25. The maximum Gasteiger partial charge on any atom is 0.284 e. The monoisotopic (exact) mass is 215 g/mol. The molecule has 5 heteroatoms. The summed E-state index contributed by atoms with van der Waals surface area (Å²) in [6.07, 6.45) is 3.57. The predicted octanol–water partition coefficient (Wildman–Crippen LogP) is 0.703. The number of carbonyl (C=O) groups is 1. The van der Waals surface area contributed by atoms with Gasteiger partial charge in [0.2, 0.25) is 0 Å². The van der Waals surface area contributed by atoms with Gasteiger partial charge in [-0.1, -0.05) is 18.7 Å². The topological polar surface area (TPSA) is 54.5 Å². The molecule has 0 atom stereocenters. The number of nitrogens with zero attached hydrogens (tertiary/aromatic N) is 1. The third kappa shape index (κ3) is 2.93. The summed E-state index contributed by atoms with van der Waals surface area (Å²) in [7, 11) is -3.94. The summed E-state index contributed by atoms with van der Waals surface area (Å²) in [6, 6.07) is 0. The molecule has 14 heavy (non-hydrogen) atoms. The molecule has 78 valence electrons. The van der Waals surface area contributed by atoms with E-state index in [1.807, 2.05) is 0 Å². The molecule has 0 fully saturated rings. The molecule has 0 heterocycles. The quantitative estimate of drug-likeness (QED) is 0.484. The average molecular weight is 215 g/mol. The van der Waals surface area contributed by atoms with Crippen LogP contribution in [0.2, 0.25) is 0 Å². The van der Waals surface area contributed by atoms with Crippen molar-refractivity contribution in [1.29, 1.82) is 0 Å². The van der Waals surface area contributed by atoms with Crippen LogP contribution in [0.3, 0.4) is 0 Å². The third-order valence-electron chi connectivity index (χ3n) is 1.43. The van der Waals surface area contributed by atoms with Gasteiger partial charge in [0, 0.05) is 13.1 Å². The van der Waals surface area contributed by atoms with Gasteiger partial charge in [-0.25, -0.2) is 8.42 Å². The van der Waals surface area contributed by atoms with Crippen LogP contribution in [0.1, 0.15) is 0 Å². The normalized spacial score (nSPS) is 10.9. The molecule has 0 bridgehead atoms. The van der Waals surface area contributed by atoms with E-state index in [-0.39, 0.29) is 13.1 Å². The highest BCUT2D eigenvalue weighted by atomic mass is 32.2. The highest BCUT2D eigenvalue weighted by molar-refractivity contribution is 8.04. The zero-order valence-corrected chi connectivity index (χ0v) is 8.66. The average Bonchev–Trinajstić information content (AvgIpc) is 2.16. The van der Waals surface area contributed by atoms with Crippen LogP contribution in [-0.2, 0) is 14.8 Å². The van der Waals surface area contributed by atoms with Crippen LogP contribution in [0.25, 0.3) is 0 Å². The van der Waals surface area contributed by atoms with Crippen molar-refractivity contribution in [2.75, 3.05) is 13.1 Å². The minimum absolute atomic E-state index is 0.0773. The first kappa shape index (κ1) is 12.8. The molecule has 0 aromatic heterocycles. The van der Waals surface area contributed by atoms with E-state index in [0.717, 1.165) is 10.4 Å². The third-order valence-corrected chi connectivity index (χ3v) is 3.08. The fraction of sp³-hybridized carbons (Fsp3) is 0.222. The van der Waals surface area contributed by atoms with E-state index < -0.39 is 15.1 Å². The van der Waals surface area contributed by atoms with Gasteiger partial charge in [-0.3, -0.25) is 4.79 Å². The van der Waals surface area contributed by atoms with E-state index in [4.69, 9.17) is 0 Å². The van der Waals surface area contributed by atoms with E-state index >= 15 is 0 Å². The Bertz CT molecular complexity index is 333. The Morgan fingerprint density at radius 3 is 1.86 bits per heavy atom. The lowest BCUT2D eigenvalue weighted by Crippen LogP contribution is -2.35. The van der Waals surface area contributed by atoms with Crippen molar-refractivity contribution in [3.8, 4) is 0 Å².